The number of rotatable bonds is 7. The van der Waals surface area contributed by atoms with Gasteiger partial charge in [0.05, 0.1) is 16.7 Å². The maximum atomic E-state index is 13.6. The second-order valence-corrected chi connectivity index (χ2v) is 10.4. The summed E-state index contributed by atoms with van der Waals surface area (Å²) in [5, 5.41) is 32.9. The highest BCUT2D eigenvalue weighted by molar-refractivity contribution is 6.71. The zero-order chi connectivity index (χ0) is 25.1. The lowest BCUT2D eigenvalue weighted by Crippen LogP contribution is -2.67. The number of unbranched alkanes of at least 4 members (excludes halogenated alkanes) is 1. The third kappa shape index (κ3) is 2.10. The minimum absolute atomic E-state index is 0.245. The quantitative estimate of drug-likeness (QED) is 0.228. The van der Waals surface area contributed by atoms with Gasteiger partial charge in [-0.15, -0.1) is 0 Å². The van der Waals surface area contributed by atoms with Crippen molar-refractivity contribution in [1.29, 1.82) is 0 Å². The van der Waals surface area contributed by atoms with Gasteiger partial charge in [-0.2, -0.15) is 0 Å². The standard InChI is InChI=1S/C22H26BO12/c1-3-4-5-9-6-10-20-11(24)12-21(30,8(2)14(25)33-12)22(20,16(27)32-10)35-17-19(9,20)13(15(26)34-17)31-7-23-18(28)29/h8-13,17,24,30H,3-7H2,1-2H3,(H,28,29)/t8?,9-,10?,11+,12?,13+,17+,19?,20?,21-,22+/m1/s1. The van der Waals surface area contributed by atoms with Crippen LogP contribution in [0.25, 0.3) is 0 Å². The van der Waals surface area contributed by atoms with Crippen LogP contribution in [0.4, 0.5) is 4.79 Å². The molecule has 4 aliphatic heterocycles. The fourth-order valence-electron chi connectivity index (χ4n) is 8.40. The summed E-state index contributed by atoms with van der Waals surface area (Å²) >= 11 is 0. The first-order valence-electron chi connectivity index (χ1n) is 11.9. The van der Waals surface area contributed by atoms with E-state index in [1.165, 1.54) is 6.92 Å². The molecule has 4 heterocycles. The zero-order valence-corrected chi connectivity index (χ0v) is 19.2. The first-order chi connectivity index (χ1) is 16.6. The SMILES string of the molecule is CCCC[C@@H]1CC2OC(=O)[C@]34O[C@@H]5OC(=O)[C@H](OC[B]C(=O)O)C15C23[C@@H](O)C1OC(=O)C(C)[C@@]14O. The maximum absolute atomic E-state index is 13.6. The normalized spacial score (nSPS) is 52.5. The van der Waals surface area contributed by atoms with Crippen LogP contribution in [0.5, 0.6) is 0 Å². The van der Waals surface area contributed by atoms with Crippen molar-refractivity contribution in [3.05, 3.63) is 0 Å². The van der Waals surface area contributed by atoms with E-state index >= 15 is 0 Å². The molecule has 0 bridgehead atoms. The summed E-state index contributed by atoms with van der Waals surface area (Å²) in [6.07, 6.45) is -4.55. The second kappa shape index (κ2) is 6.96. The largest absolute Gasteiger partial charge is 0.490 e. The topological polar surface area (TPSA) is 175 Å². The van der Waals surface area contributed by atoms with E-state index in [4.69, 9.17) is 28.8 Å². The van der Waals surface area contributed by atoms with Gasteiger partial charge in [-0.1, -0.05) is 19.8 Å². The van der Waals surface area contributed by atoms with Crippen molar-refractivity contribution in [1.82, 2.24) is 0 Å². The molecule has 0 amide bonds. The van der Waals surface area contributed by atoms with Gasteiger partial charge in [-0.05, 0) is 25.7 Å². The fourth-order valence-corrected chi connectivity index (χ4v) is 8.40. The number of aliphatic hydroxyl groups excluding tert-OH is 1. The summed E-state index contributed by atoms with van der Waals surface area (Å²) in [6.45, 7) is 2.93. The Balaban J connectivity index is 1.58. The lowest BCUT2D eigenvalue weighted by molar-refractivity contribution is -0.238. The van der Waals surface area contributed by atoms with E-state index in [9.17, 15) is 29.4 Å². The molecule has 12 nitrogen and oxygen atoms in total. The van der Waals surface area contributed by atoms with Crippen molar-refractivity contribution in [3.63, 3.8) is 0 Å². The van der Waals surface area contributed by atoms with E-state index in [1.807, 2.05) is 6.92 Å². The lowest BCUT2D eigenvalue weighted by Gasteiger charge is -2.45. The van der Waals surface area contributed by atoms with Gasteiger partial charge in [0.2, 0.25) is 17.8 Å². The van der Waals surface area contributed by atoms with Crippen LogP contribution in [0, 0.1) is 22.7 Å². The summed E-state index contributed by atoms with van der Waals surface area (Å²) in [5.74, 6) is -5.47. The smallest absolute Gasteiger partial charge is 0.343 e. The van der Waals surface area contributed by atoms with Crippen molar-refractivity contribution in [2.75, 3.05) is 6.51 Å². The Kier molecular flexibility index (Phi) is 4.61. The number of esters is 3. The predicted molar refractivity (Wildman–Crippen MR) is 110 cm³/mol. The number of fused-ring (bicyclic) bond motifs is 1. The van der Waals surface area contributed by atoms with Crippen LogP contribution >= 0.6 is 0 Å². The Morgan fingerprint density at radius 2 is 1.94 bits per heavy atom. The van der Waals surface area contributed by atoms with E-state index in [1.54, 1.807) is 0 Å². The molecule has 2 aliphatic carbocycles. The first-order valence-corrected chi connectivity index (χ1v) is 11.9. The van der Waals surface area contributed by atoms with Crippen LogP contribution in [-0.4, -0.2) is 94.8 Å². The zero-order valence-electron chi connectivity index (χ0n) is 19.2. The van der Waals surface area contributed by atoms with Gasteiger partial charge >= 0.3 is 17.9 Å². The summed E-state index contributed by atoms with van der Waals surface area (Å²) in [6, 6.07) is 0. The lowest BCUT2D eigenvalue weighted by atomic mass is 9.53. The molecule has 6 rings (SSSR count). The van der Waals surface area contributed by atoms with Gasteiger partial charge in [0.1, 0.15) is 12.2 Å². The Hall–Kier alpha value is -2.22. The Bertz CT molecular complexity index is 1030. The molecule has 189 valence electrons. The van der Waals surface area contributed by atoms with Gasteiger partial charge in [-0.3, -0.25) is 9.59 Å². The van der Waals surface area contributed by atoms with Crippen LogP contribution in [-0.2, 0) is 38.1 Å². The molecule has 2 saturated carbocycles. The molecule has 4 saturated heterocycles. The average molecular weight is 493 g/mol. The second-order valence-electron chi connectivity index (χ2n) is 10.4. The van der Waals surface area contributed by atoms with E-state index < -0.39 is 94.9 Å². The van der Waals surface area contributed by atoms with Gasteiger partial charge in [0, 0.05) is 6.51 Å². The molecular formula is C22H26BO12. The molecule has 6 aliphatic rings. The van der Waals surface area contributed by atoms with Gasteiger partial charge < -0.3 is 39.0 Å². The van der Waals surface area contributed by atoms with E-state index in [0.29, 0.717) is 6.42 Å². The third-order valence-electron chi connectivity index (χ3n) is 9.50. The van der Waals surface area contributed by atoms with Gasteiger partial charge in [0.25, 0.3) is 7.28 Å². The Morgan fingerprint density at radius 1 is 1.20 bits per heavy atom. The molecule has 0 aromatic rings. The summed E-state index contributed by atoms with van der Waals surface area (Å²) in [5.41, 5.74) is -7.75. The van der Waals surface area contributed by atoms with Crippen LogP contribution in [0.3, 0.4) is 0 Å². The molecule has 1 radical (unpaired) electrons. The highest BCUT2D eigenvalue weighted by Gasteiger charge is 3.03. The highest BCUT2D eigenvalue weighted by Crippen LogP contribution is 2.83. The number of hydrogen-bond donors (Lipinski definition) is 3. The summed E-state index contributed by atoms with van der Waals surface area (Å²) in [4.78, 5) is 50.3. The number of hydrogen-bond acceptors (Lipinski definition) is 11. The van der Waals surface area contributed by atoms with Crippen LogP contribution in [0.2, 0.25) is 0 Å². The minimum atomic E-state index is -2.28. The number of aliphatic hydroxyl groups is 2. The molecule has 0 aromatic heterocycles. The monoisotopic (exact) mass is 493 g/mol. The Labute approximate surface area is 200 Å². The van der Waals surface area contributed by atoms with E-state index in [2.05, 4.69) is 0 Å². The molecule has 35 heavy (non-hydrogen) atoms. The first kappa shape index (κ1) is 23.2. The fraction of sp³-hybridized carbons (Fsp3) is 0.818. The van der Waals surface area contributed by atoms with E-state index in [0.717, 1.165) is 20.1 Å². The molecule has 6 fully saturated rings. The molecular weight excluding hydrogens is 467 g/mol. The van der Waals surface area contributed by atoms with Crippen molar-refractivity contribution in [2.24, 2.45) is 22.7 Å². The van der Waals surface area contributed by atoms with Crippen LogP contribution in [0.15, 0.2) is 0 Å². The molecule has 5 unspecified atom stereocenters. The number of ether oxygens (including phenoxy) is 5. The van der Waals surface area contributed by atoms with Crippen molar-refractivity contribution in [2.45, 2.75) is 81.4 Å². The third-order valence-corrected chi connectivity index (χ3v) is 9.50. The van der Waals surface area contributed by atoms with Crippen molar-refractivity contribution >= 4 is 31.1 Å². The maximum Gasteiger partial charge on any atom is 0.343 e. The van der Waals surface area contributed by atoms with Gasteiger partial charge in [0.15, 0.2) is 17.8 Å². The predicted octanol–water partition coefficient (Wildman–Crippen LogP) is -0.861. The number of carbonyl (C=O) groups is 4. The molecule has 3 N–H and O–H groups in total. The van der Waals surface area contributed by atoms with Crippen LogP contribution in [0.1, 0.15) is 39.5 Å². The summed E-state index contributed by atoms with van der Waals surface area (Å²) < 4.78 is 28.8. The van der Waals surface area contributed by atoms with Crippen molar-refractivity contribution in [3.8, 4) is 0 Å². The number of carboxylic acid groups (broad SMARTS) is 1. The minimum Gasteiger partial charge on any atom is -0.490 e. The van der Waals surface area contributed by atoms with Crippen molar-refractivity contribution < 1.29 is 58.2 Å². The van der Waals surface area contributed by atoms with Crippen LogP contribution < -0.4 is 0 Å². The van der Waals surface area contributed by atoms with Gasteiger partial charge in [-0.25, -0.2) is 9.59 Å². The highest BCUT2D eigenvalue weighted by atomic mass is 16.8. The van der Waals surface area contributed by atoms with E-state index in [-0.39, 0.29) is 6.42 Å². The molecule has 13 heteroatoms. The molecule has 0 aromatic carbocycles. The molecule has 2 spiro atoms. The summed E-state index contributed by atoms with van der Waals surface area (Å²) in [7, 11) is 0.832. The Morgan fingerprint density at radius 3 is 2.63 bits per heavy atom. The number of carbonyl (C=O) groups excluding carboxylic acids is 3. The average Bonchev–Trinajstić information content (AvgIpc) is 3.51. The molecule has 11 atom stereocenters.